The van der Waals surface area contributed by atoms with Gasteiger partial charge in [0.2, 0.25) is 0 Å². The smallest absolute Gasteiger partial charge is 0.000701 e. The lowest BCUT2D eigenvalue weighted by Gasteiger charge is -2.24. The molecule has 0 amide bonds. The Hall–Kier alpha value is -0.0400. The van der Waals surface area contributed by atoms with Crippen LogP contribution in [0.3, 0.4) is 0 Å². The molecule has 0 aromatic heterocycles. The molecule has 1 nitrogen and oxygen atoms in total. The van der Waals surface area contributed by atoms with E-state index in [-0.39, 0.29) is 0 Å². The predicted octanol–water partition coefficient (Wildman–Crippen LogP) is 4.96. The zero-order chi connectivity index (χ0) is 12.8. The monoisotopic (exact) mass is 229 g/mol. The Morgan fingerprint density at radius 2 is 1.38 bits per heavy atom. The Bertz CT molecular complexity index is 106. The molecule has 0 rings (SSSR count). The predicted molar refractivity (Wildman–Crippen MR) is 77.1 cm³/mol. The minimum absolute atomic E-state index is 0.882. The fourth-order valence-electron chi connectivity index (χ4n) is 2.01. The number of hydrogen-bond acceptors (Lipinski definition) is 1. The first-order valence-corrected chi connectivity index (χ1v) is 7.46. The van der Waals surface area contributed by atoms with Crippen LogP contribution in [0.25, 0.3) is 0 Å². The molecule has 0 bridgehead atoms. The van der Waals surface area contributed by atoms with Gasteiger partial charge in [-0.25, -0.2) is 0 Å². The molecule has 0 aliphatic rings. The van der Waals surface area contributed by atoms with Crippen LogP contribution in [0.5, 0.6) is 0 Å². The maximum atomic E-state index is 2.63. The lowest BCUT2D eigenvalue weighted by Crippen LogP contribution is -2.30. The van der Waals surface area contributed by atoms with Crippen LogP contribution < -0.4 is 0 Å². The lowest BCUT2D eigenvalue weighted by atomic mass is 10.0. The number of hydrogen-bond donors (Lipinski definition) is 0. The fourth-order valence-corrected chi connectivity index (χ4v) is 2.01. The molecule has 0 N–H and O–H groups in total. The van der Waals surface area contributed by atoms with Gasteiger partial charge < -0.3 is 4.90 Å². The van der Waals surface area contributed by atoms with Crippen molar-refractivity contribution in [1.29, 1.82) is 0 Å². The normalized spacial score (nSPS) is 12.2. The van der Waals surface area contributed by atoms with E-state index in [9.17, 15) is 0 Å². The van der Waals surface area contributed by atoms with Crippen molar-refractivity contribution in [2.75, 3.05) is 19.6 Å². The van der Waals surface area contributed by atoms with Crippen molar-refractivity contribution in [2.45, 2.75) is 73.6 Å². The lowest BCUT2D eigenvalue weighted by molar-refractivity contribution is 0.231. The summed E-state index contributed by atoms with van der Waals surface area (Å²) in [7, 11) is 0. The maximum Gasteiger partial charge on any atom is 0.000701 e. The van der Waals surface area contributed by atoms with Crippen molar-refractivity contribution in [2.24, 2.45) is 5.92 Å². The molecule has 0 fully saturated rings. The van der Waals surface area contributed by atoms with Crippen LogP contribution in [-0.2, 0) is 0 Å². The third kappa shape index (κ3) is 12.0. The van der Waals surface area contributed by atoms with Crippen molar-refractivity contribution in [3.05, 3.63) is 0 Å². The molecule has 0 aliphatic heterocycles. The Morgan fingerprint density at radius 1 is 0.875 bits per heavy atom. The van der Waals surface area contributed by atoms with Gasteiger partial charge in [0.25, 0.3) is 0 Å². The molecule has 0 saturated heterocycles. The highest BCUT2D eigenvalue weighted by molar-refractivity contribution is 4.62. The Morgan fingerprint density at radius 3 is 1.75 bits per heavy atom. The molecular formula is C15H35N. The average molecular weight is 229 g/mol. The van der Waals surface area contributed by atoms with Crippen LogP contribution in [0, 0.1) is 5.92 Å². The highest BCUT2D eigenvalue weighted by Crippen LogP contribution is 2.10. The zero-order valence-corrected chi connectivity index (χ0v) is 12.7. The first-order chi connectivity index (χ1) is 7.74. The second kappa shape index (κ2) is 15.0. The molecule has 0 spiro atoms. The van der Waals surface area contributed by atoms with Gasteiger partial charge in [0.1, 0.15) is 0 Å². The molecule has 0 radical (unpaired) electrons. The van der Waals surface area contributed by atoms with Gasteiger partial charge in [-0.05, 0) is 38.3 Å². The molecule has 1 unspecified atom stereocenters. The minimum Gasteiger partial charge on any atom is -0.303 e. The van der Waals surface area contributed by atoms with E-state index in [0.717, 1.165) is 5.92 Å². The quantitative estimate of drug-likeness (QED) is 0.540. The van der Waals surface area contributed by atoms with E-state index in [0.29, 0.717) is 0 Å². The second-order valence-corrected chi connectivity index (χ2v) is 4.55. The molecule has 0 aliphatic carbocycles. The van der Waals surface area contributed by atoms with E-state index in [1.807, 2.05) is 13.8 Å². The van der Waals surface area contributed by atoms with Crippen LogP contribution in [0.4, 0.5) is 0 Å². The van der Waals surface area contributed by atoms with Gasteiger partial charge in [-0.2, -0.15) is 0 Å². The Balaban J connectivity index is 0. The molecule has 100 valence electrons. The summed E-state index contributed by atoms with van der Waals surface area (Å²) in [6, 6.07) is 0. The van der Waals surface area contributed by atoms with E-state index in [4.69, 9.17) is 0 Å². The number of rotatable bonds is 9. The van der Waals surface area contributed by atoms with Crippen molar-refractivity contribution >= 4 is 0 Å². The van der Waals surface area contributed by atoms with E-state index in [1.165, 1.54) is 51.7 Å². The number of unbranched alkanes of at least 4 members (excludes halogenated alkanes) is 1. The SMILES string of the molecule is CC.CCCCC(C)CN(CCC)CCC. The van der Waals surface area contributed by atoms with Gasteiger partial charge in [0.05, 0.1) is 0 Å². The van der Waals surface area contributed by atoms with Crippen molar-refractivity contribution < 1.29 is 0 Å². The van der Waals surface area contributed by atoms with Gasteiger partial charge >= 0.3 is 0 Å². The van der Waals surface area contributed by atoms with Gasteiger partial charge in [-0.3, -0.25) is 0 Å². The van der Waals surface area contributed by atoms with E-state index < -0.39 is 0 Å². The summed E-state index contributed by atoms with van der Waals surface area (Å²) in [5.41, 5.74) is 0. The molecule has 1 heteroatoms. The third-order valence-electron chi connectivity index (χ3n) is 2.70. The Labute approximate surface area is 105 Å². The largest absolute Gasteiger partial charge is 0.303 e. The van der Waals surface area contributed by atoms with Crippen LogP contribution in [0.2, 0.25) is 0 Å². The average Bonchev–Trinajstić information content (AvgIpc) is 2.30. The molecule has 0 saturated carbocycles. The summed E-state index contributed by atoms with van der Waals surface area (Å²) in [6.45, 7) is 17.1. The number of nitrogens with zero attached hydrogens (tertiary/aromatic N) is 1. The van der Waals surface area contributed by atoms with Gasteiger partial charge in [-0.15, -0.1) is 0 Å². The Kier molecular flexibility index (Phi) is 17.1. The highest BCUT2D eigenvalue weighted by Gasteiger charge is 2.07. The van der Waals surface area contributed by atoms with E-state index in [2.05, 4.69) is 32.6 Å². The van der Waals surface area contributed by atoms with Crippen LogP contribution >= 0.6 is 0 Å². The molecule has 0 heterocycles. The van der Waals surface area contributed by atoms with E-state index in [1.54, 1.807) is 0 Å². The molecule has 1 atom stereocenters. The van der Waals surface area contributed by atoms with Gasteiger partial charge in [0, 0.05) is 6.54 Å². The molecule has 0 aromatic carbocycles. The maximum absolute atomic E-state index is 2.63. The standard InChI is InChI=1S/C13H29N.C2H6/c1-5-8-9-13(4)12-14(10-6-2)11-7-3;1-2/h13H,5-12H2,1-4H3;1-2H3. The summed E-state index contributed by atoms with van der Waals surface area (Å²) in [6.07, 6.45) is 6.72. The van der Waals surface area contributed by atoms with Crippen LogP contribution in [0.1, 0.15) is 73.6 Å². The summed E-state index contributed by atoms with van der Waals surface area (Å²) in [5.74, 6) is 0.882. The second-order valence-electron chi connectivity index (χ2n) is 4.55. The van der Waals surface area contributed by atoms with Gasteiger partial charge in [-0.1, -0.05) is 54.4 Å². The van der Waals surface area contributed by atoms with Crippen molar-refractivity contribution in [3.63, 3.8) is 0 Å². The summed E-state index contributed by atoms with van der Waals surface area (Å²) in [5, 5.41) is 0. The van der Waals surface area contributed by atoms with Crippen molar-refractivity contribution in [1.82, 2.24) is 4.90 Å². The minimum atomic E-state index is 0.882. The molecule has 16 heavy (non-hydrogen) atoms. The van der Waals surface area contributed by atoms with Crippen LogP contribution in [0.15, 0.2) is 0 Å². The molecular weight excluding hydrogens is 194 g/mol. The summed E-state index contributed by atoms with van der Waals surface area (Å²) >= 11 is 0. The van der Waals surface area contributed by atoms with E-state index >= 15 is 0 Å². The molecule has 0 aromatic rings. The zero-order valence-electron chi connectivity index (χ0n) is 12.7. The highest BCUT2D eigenvalue weighted by atomic mass is 15.1. The van der Waals surface area contributed by atoms with Crippen molar-refractivity contribution in [3.8, 4) is 0 Å². The first kappa shape index (κ1) is 18.3. The fraction of sp³-hybridized carbons (Fsp3) is 1.00. The van der Waals surface area contributed by atoms with Crippen LogP contribution in [-0.4, -0.2) is 24.5 Å². The summed E-state index contributed by atoms with van der Waals surface area (Å²) < 4.78 is 0. The first-order valence-electron chi connectivity index (χ1n) is 7.46. The summed E-state index contributed by atoms with van der Waals surface area (Å²) in [4.78, 5) is 2.63. The topological polar surface area (TPSA) is 3.24 Å². The van der Waals surface area contributed by atoms with Gasteiger partial charge in [0.15, 0.2) is 0 Å². The third-order valence-corrected chi connectivity index (χ3v) is 2.70.